The number of rotatable bonds is 6. The second-order valence-electron chi connectivity index (χ2n) is 5.80. The number of nitrogens with one attached hydrogen (secondary N) is 3. The third-order valence-electron chi connectivity index (χ3n) is 3.89. The fourth-order valence-electron chi connectivity index (χ4n) is 2.43. The predicted octanol–water partition coefficient (Wildman–Crippen LogP) is 3.77. The first-order valence-electron chi connectivity index (χ1n) is 8.62. The van der Waals surface area contributed by atoms with Crippen molar-refractivity contribution in [3.8, 4) is 0 Å². The van der Waals surface area contributed by atoms with Gasteiger partial charge in [-0.25, -0.2) is 0 Å². The van der Waals surface area contributed by atoms with E-state index in [-0.39, 0.29) is 5.91 Å². The van der Waals surface area contributed by atoms with Crippen molar-refractivity contribution in [3.05, 3.63) is 71.1 Å². The van der Waals surface area contributed by atoms with Crippen LogP contribution in [0.3, 0.4) is 0 Å². The van der Waals surface area contributed by atoms with Gasteiger partial charge in [0.25, 0.3) is 0 Å². The molecule has 2 aromatic carbocycles. The van der Waals surface area contributed by atoms with Crippen molar-refractivity contribution >= 4 is 34.2 Å². The lowest BCUT2D eigenvalue weighted by molar-refractivity contribution is -0.115. The van der Waals surface area contributed by atoms with Crippen molar-refractivity contribution in [3.63, 3.8) is 0 Å². The number of amides is 1. The average Bonchev–Trinajstić information content (AvgIpc) is 2.70. The van der Waals surface area contributed by atoms with Crippen LogP contribution < -0.4 is 16.2 Å². The Balaban J connectivity index is 1.53. The molecule has 0 fully saturated rings. The number of hydrogen-bond donors (Lipinski definition) is 3. The van der Waals surface area contributed by atoms with Gasteiger partial charge in [0.1, 0.15) is 0 Å². The molecule has 2 aromatic rings. The first-order valence-corrected chi connectivity index (χ1v) is 9.50. The fourth-order valence-corrected chi connectivity index (χ4v) is 3.13. The van der Waals surface area contributed by atoms with Gasteiger partial charge in [-0.05, 0) is 24.1 Å². The number of benzene rings is 2. The maximum atomic E-state index is 11.4. The molecule has 0 radical (unpaired) electrons. The molecule has 134 valence electrons. The van der Waals surface area contributed by atoms with E-state index in [0.717, 1.165) is 35.1 Å². The summed E-state index contributed by atoms with van der Waals surface area (Å²) in [5.41, 5.74) is 10.4. The number of amidine groups is 1. The van der Waals surface area contributed by atoms with Crippen LogP contribution >= 0.6 is 11.8 Å². The zero-order valence-corrected chi connectivity index (χ0v) is 15.5. The van der Waals surface area contributed by atoms with Crippen LogP contribution in [0.25, 0.3) is 5.70 Å². The molecule has 3 N–H and O–H groups in total. The molecule has 1 aliphatic rings. The molecule has 0 saturated carbocycles. The van der Waals surface area contributed by atoms with E-state index >= 15 is 0 Å². The largest absolute Gasteiger partial charge is 0.326 e. The van der Waals surface area contributed by atoms with E-state index in [0.29, 0.717) is 6.42 Å². The summed E-state index contributed by atoms with van der Waals surface area (Å²) in [7, 11) is 0. The van der Waals surface area contributed by atoms with Crippen molar-refractivity contribution in [2.24, 2.45) is 4.99 Å². The van der Waals surface area contributed by atoms with E-state index in [4.69, 9.17) is 0 Å². The Morgan fingerprint density at radius 3 is 2.50 bits per heavy atom. The van der Waals surface area contributed by atoms with Crippen molar-refractivity contribution in [2.45, 2.75) is 19.8 Å². The van der Waals surface area contributed by atoms with Crippen LogP contribution in [0.4, 0.5) is 5.69 Å². The van der Waals surface area contributed by atoms with Crippen molar-refractivity contribution in [2.75, 3.05) is 11.9 Å². The maximum absolute atomic E-state index is 11.4. The molecule has 0 atom stereocenters. The van der Waals surface area contributed by atoms with Crippen molar-refractivity contribution in [1.82, 2.24) is 10.9 Å². The van der Waals surface area contributed by atoms with Gasteiger partial charge in [0.2, 0.25) is 5.91 Å². The van der Waals surface area contributed by atoms with E-state index in [1.165, 1.54) is 5.56 Å². The van der Waals surface area contributed by atoms with Crippen LogP contribution in [-0.4, -0.2) is 17.6 Å². The molecule has 0 unspecified atom stereocenters. The van der Waals surface area contributed by atoms with E-state index < -0.39 is 0 Å². The number of hydrogen-bond acceptors (Lipinski definition) is 4. The molecule has 1 aliphatic heterocycles. The van der Waals surface area contributed by atoms with Crippen LogP contribution in [0, 0.1) is 0 Å². The molecule has 5 nitrogen and oxygen atoms in total. The Bertz CT molecular complexity index is 800. The molecule has 26 heavy (non-hydrogen) atoms. The first kappa shape index (κ1) is 18.1. The van der Waals surface area contributed by atoms with Crippen LogP contribution in [0.15, 0.2) is 65.0 Å². The average molecular weight is 366 g/mol. The summed E-state index contributed by atoms with van der Waals surface area (Å²) in [6.07, 6.45) is 1.40. The summed E-state index contributed by atoms with van der Waals surface area (Å²) in [5, 5.41) is 5.74. The molecular weight excluding hydrogens is 344 g/mol. The molecule has 1 amide bonds. The molecule has 0 aromatic heterocycles. The van der Waals surface area contributed by atoms with E-state index in [9.17, 15) is 4.79 Å². The van der Waals surface area contributed by atoms with Gasteiger partial charge >= 0.3 is 0 Å². The Labute approximate surface area is 158 Å². The highest BCUT2D eigenvalue weighted by molar-refractivity contribution is 8.16. The minimum Gasteiger partial charge on any atom is -0.326 e. The van der Waals surface area contributed by atoms with Crippen LogP contribution in [-0.2, 0) is 11.2 Å². The zero-order valence-electron chi connectivity index (χ0n) is 14.7. The summed E-state index contributed by atoms with van der Waals surface area (Å²) in [5.74, 6) is 0.0151. The summed E-state index contributed by atoms with van der Waals surface area (Å²) >= 11 is 1.56. The lowest BCUT2D eigenvalue weighted by Gasteiger charge is -2.19. The second-order valence-corrected chi connectivity index (χ2v) is 6.66. The number of hydrazine groups is 1. The van der Waals surface area contributed by atoms with Gasteiger partial charge < -0.3 is 5.32 Å². The van der Waals surface area contributed by atoms with Crippen LogP contribution in [0.5, 0.6) is 0 Å². The molecule has 1 heterocycles. The minimum absolute atomic E-state index is 0.0151. The lowest BCUT2D eigenvalue weighted by atomic mass is 10.1. The molecule has 6 heteroatoms. The summed E-state index contributed by atoms with van der Waals surface area (Å²) in [6, 6.07) is 18.1. The number of thioether (sulfide) groups is 1. The SMILES string of the molecule is CCC(=O)Nc1ccc(C2=CSC(=NCCc3ccccc3)NN2)cc1. The Morgan fingerprint density at radius 1 is 1.08 bits per heavy atom. The third kappa shape index (κ3) is 5.13. The van der Waals surface area contributed by atoms with E-state index in [1.54, 1.807) is 11.8 Å². The highest BCUT2D eigenvalue weighted by Gasteiger charge is 2.10. The van der Waals surface area contributed by atoms with Gasteiger partial charge in [-0.1, -0.05) is 61.2 Å². The zero-order chi connectivity index (χ0) is 18.2. The van der Waals surface area contributed by atoms with Gasteiger partial charge in [0, 0.05) is 29.6 Å². The number of nitrogens with zero attached hydrogens (tertiary/aromatic N) is 1. The molecule has 3 rings (SSSR count). The highest BCUT2D eigenvalue weighted by Crippen LogP contribution is 2.21. The van der Waals surface area contributed by atoms with Gasteiger partial charge in [0.15, 0.2) is 5.17 Å². The molecule has 0 spiro atoms. The Morgan fingerprint density at radius 2 is 1.85 bits per heavy atom. The first-order chi connectivity index (χ1) is 12.7. The Kier molecular flexibility index (Phi) is 6.33. The maximum Gasteiger partial charge on any atom is 0.224 e. The van der Waals surface area contributed by atoms with Crippen LogP contribution in [0.2, 0.25) is 0 Å². The normalized spacial score (nSPS) is 15.0. The summed E-state index contributed by atoms with van der Waals surface area (Å²) in [4.78, 5) is 16.0. The van der Waals surface area contributed by atoms with Crippen molar-refractivity contribution in [1.29, 1.82) is 0 Å². The fraction of sp³-hybridized carbons (Fsp3) is 0.200. The Hall–Kier alpha value is -2.73. The third-order valence-corrected chi connectivity index (χ3v) is 4.70. The number of anilines is 1. The van der Waals surface area contributed by atoms with Gasteiger partial charge in [0.05, 0.1) is 5.70 Å². The molecule has 0 bridgehead atoms. The van der Waals surface area contributed by atoms with Gasteiger partial charge in [-0.3, -0.25) is 20.6 Å². The molecule has 0 aliphatic carbocycles. The standard InChI is InChI=1S/C20H22N4OS/c1-2-19(25)22-17-10-8-16(9-11-17)18-14-26-20(24-23-18)21-13-12-15-6-4-3-5-7-15/h3-11,14,23H,2,12-13H2,1H3,(H,21,24)(H,22,25). The highest BCUT2D eigenvalue weighted by atomic mass is 32.2. The quantitative estimate of drug-likeness (QED) is 0.728. The summed E-state index contributed by atoms with van der Waals surface area (Å²) in [6.45, 7) is 2.58. The van der Waals surface area contributed by atoms with E-state index in [1.807, 2.05) is 54.8 Å². The van der Waals surface area contributed by atoms with Crippen LogP contribution in [0.1, 0.15) is 24.5 Å². The van der Waals surface area contributed by atoms with Gasteiger partial charge in [-0.2, -0.15) is 0 Å². The van der Waals surface area contributed by atoms with Crippen molar-refractivity contribution < 1.29 is 4.79 Å². The molecular formula is C20H22N4OS. The number of aliphatic imine (C=N–C) groups is 1. The topological polar surface area (TPSA) is 65.5 Å². The smallest absolute Gasteiger partial charge is 0.224 e. The monoisotopic (exact) mass is 366 g/mol. The lowest BCUT2D eigenvalue weighted by Crippen LogP contribution is -2.37. The molecule has 0 saturated heterocycles. The van der Waals surface area contributed by atoms with E-state index in [2.05, 4.69) is 33.3 Å². The number of carbonyl (C=O) groups is 1. The minimum atomic E-state index is 0.0151. The number of carbonyl (C=O) groups excluding carboxylic acids is 1. The predicted molar refractivity (Wildman–Crippen MR) is 110 cm³/mol. The summed E-state index contributed by atoms with van der Waals surface area (Å²) < 4.78 is 0. The second kappa shape index (κ2) is 9.10. The van der Waals surface area contributed by atoms with Gasteiger partial charge in [-0.15, -0.1) is 0 Å².